The highest BCUT2D eigenvalue weighted by Gasteiger charge is 2.27. The summed E-state index contributed by atoms with van der Waals surface area (Å²) in [4.78, 5) is 15.2. The number of benzene rings is 1. The molecule has 5 nitrogen and oxygen atoms in total. The number of piperidine rings is 1. The molecule has 1 aromatic heterocycles. The first-order chi connectivity index (χ1) is 14.5. The van der Waals surface area contributed by atoms with E-state index >= 15 is 0 Å². The van der Waals surface area contributed by atoms with Gasteiger partial charge in [-0.05, 0) is 62.8 Å². The Morgan fingerprint density at radius 3 is 2.50 bits per heavy atom. The lowest BCUT2D eigenvalue weighted by atomic mass is 10.0. The van der Waals surface area contributed by atoms with Gasteiger partial charge in [-0.1, -0.05) is 30.3 Å². The van der Waals surface area contributed by atoms with Gasteiger partial charge < -0.3 is 9.88 Å². The van der Waals surface area contributed by atoms with Crippen LogP contribution in [0.2, 0.25) is 0 Å². The lowest BCUT2D eigenvalue weighted by molar-refractivity contribution is -0.118. The number of amides is 1. The first kappa shape index (κ1) is 20.4. The van der Waals surface area contributed by atoms with E-state index in [1.807, 2.05) is 6.07 Å². The van der Waals surface area contributed by atoms with Crippen molar-refractivity contribution in [1.82, 2.24) is 14.8 Å². The molecule has 30 heavy (non-hydrogen) atoms. The summed E-state index contributed by atoms with van der Waals surface area (Å²) >= 11 is 0. The summed E-state index contributed by atoms with van der Waals surface area (Å²) in [6.45, 7) is 7.02. The molecular weight excluding hydrogens is 372 g/mol. The Morgan fingerprint density at radius 2 is 1.87 bits per heavy atom. The molecule has 1 saturated carbocycles. The number of hydrogen-bond acceptors (Lipinski definition) is 3. The van der Waals surface area contributed by atoms with E-state index in [0.717, 1.165) is 43.7 Å². The van der Waals surface area contributed by atoms with E-state index in [1.165, 1.54) is 24.1 Å². The molecule has 0 spiro atoms. The van der Waals surface area contributed by atoms with Gasteiger partial charge in [-0.2, -0.15) is 5.26 Å². The van der Waals surface area contributed by atoms with Gasteiger partial charge in [0.05, 0.1) is 0 Å². The molecule has 1 saturated heterocycles. The number of aromatic nitrogens is 1. The SMILES string of the molecule is Cc1cc(/C=C(/C#N)C(=O)NC2CCN(Cc3ccccc3)CC2)c(C)n1C1CC1. The van der Waals surface area contributed by atoms with Gasteiger partial charge in [0, 0.05) is 43.1 Å². The Hall–Kier alpha value is -2.84. The van der Waals surface area contributed by atoms with Crippen LogP contribution in [0.3, 0.4) is 0 Å². The van der Waals surface area contributed by atoms with Crippen LogP contribution >= 0.6 is 0 Å². The first-order valence-corrected chi connectivity index (χ1v) is 10.9. The molecule has 0 bridgehead atoms. The topological polar surface area (TPSA) is 61.1 Å². The molecule has 4 rings (SSSR count). The van der Waals surface area contributed by atoms with Gasteiger partial charge in [0.1, 0.15) is 11.6 Å². The monoisotopic (exact) mass is 402 g/mol. The van der Waals surface area contributed by atoms with Crippen LogP contribution in [0.1, 0.15) is 54.2 Å². The minimum absolute atomic E-state index is 0.125. The van der Waals surface area contributed by atoms with E-state index in [2.05, 4.69) is 65.0 Å². The molecule has 1 amide bonds. The number of nitrogens with one attached hydrogen (secondary N) is 1. The second-order valence-corrected chi connectivity index (χ2v) is 8.61. The second kappa shape index (κ2) is 8.89. The standard InChI is InChI=1S/C25H30N4O/c1-18-14-21(19(2)29(18)24-8-9-24)15-22(16-26)25(30)27-23-10-12-28(13-11-23)17-20-6-4-3-5-7-20/h3-7,14-15,23-24H,8-13,17H2,1-2H3,(H,27,30)/b22-15-. The highest BCUT2D eigenvalue weighted by atomic mass is 16.1. The van der Waals surface area contributed by atoms with Crippen LogP contribution in [-0.2, 0) is 11.3 Å². The van der Waals surface area contributed by atoms with Crippen molar-refractivity contribution in [3.05, 3.63) is 64.5 Å². The van der Waals surface area contributed by atoms with E-state index in [0.29, 0.717) is 6.04 Å². The zero-order valence-corrected chi connectivity index (χ0v) is 17.9. The van der Waals surface area contributed by atoms with Gasteiger partial charge in [0.25, 0.3) is 5.91 Å². The Morgan fingerprint density at radius 1 is 1.17 bits per heavy atom. The van der Waals surface area contributed by atoms with Crippen LogP contribution in [0.4, 0.5) is 0 Å². The summed E-state index contributed by atoms with van der Waals surface area (Å²) < 4.78 is 2.33. The highest BCUT2D eigenvalue weighted by Crippen LogP contribution is 2.38. The lowest BCUT2D eigenvalue weighted by Crippen LogP contribution is -2.44. The van der Waals surface area contributed by atoms with Gasteiger partial charge in [-0.3, -0.25) is 9.69 Å². The van der Waals surface area contributed by atoms with Gasteiger partial charge in [0.2, 0.25) is 0 Å². The van der Waals surface area contributed by atoms with E-state index in [1.54, 1.807) is 6.08 Å². The summed E-state index contributed by atoms with van der Waals surface area (Å²) in [5.74, 6) is -0.254. The van der Waals surface area contributed by atoms with Crippen LogP contribution < -0.4 is 5.32 Å². The molecule has 2 heterocycles. The van der Waals surface area contributed by atoms with Crippen molar-refractivity contribution in [3.63, 3.8) is 0 Å². The van der Waals surface area contributed by atoms with Crippen molar-refractivity contribution in [2.45, 2.75) is 58.2 Å². The van der Waals surface area contributed by atoms with Gasteiger partial charge in [-0.25, -0.2) is 0 Å². The van der Waals surface area contributed by atoms with Crippen molar-refractivity contribution >= 4 is 12.0 Å². The van der Waals surface area contributed by atoms with Crippen molar-refractivity contribution in [2.24, 2.45) is 0 Å². The number of likely N-dealkylation sites (tertiary alicyclic amines) is 1. The van der Waals surface area contributed by atoms with Crippen molar-refractivity contribution in [2.75, 3.05) is 13.1 Å². The highest BCUT2D eigenvalue weighted by molar-refractivity contribution is 6.02. The summed E-state index contributed by atoms with van der Waals surface area (Å²) in [5.41, 5.74) is 4.83. The second-order valence-electron chi connectivity index (χ2n) is 8.61. The van der Waals surface area contributed by atoms with Crippen LogP contribution in [0.25, 0.3) is 6.08 Å². The molecule has 2 aromatic rings. The van der Waals surface area contributed by atoms with Crippen LogP contribution in [0.15, 0.2) is 42.0 Å². The number of nitriles is 1. The van der Waals surface area contributed by atoms with Crippen LogP contribution in [0, 0.1) is 25.2 Å². The lowest BCUT2D eigenvalue weighted by Gasteiger charge is -2.32. The summed E-state index contributed by atoms with van der Waals surface area (Å²) in [6, 6.07) is 15.4. The quantitative estimate of drug-likeness (QED) is 0.584. The fraction of sp³-hybridized carbons (Fsp3) is 0.440. The number of rotatable bonds is 6. The van der Waals surface area contributed by atoms with Gasteiger partial charge in [-0.15, -0.1) is 0 Å². The molecule has 5 heteroatoms. The number of aryl methyl sites for hydroxylation is 1. The van der Waals surface area contributed by atoms with Crippen LogP contribution in [-0.4, -0.2) is 34.5 Å². The predicted molar refractivity (Wildman–Crippen MR) is 119 cm³/mol. The molecule has 1 aliphatic heterocycles. The van der Waals surface area contributed by atoms with E-state index < -0.39 is 0 Å². The maximum absolute atomic E-state index is 12.7. The van der Waals surface area contributed by atoms with Gasteiger partial charge in [0.15, 0.2) is 0 Å². The molecule has 0 unspecified atom stereocenters. The molecule has 1 N–H and O–H groups in total. The Kier molecular flexibility index (Phi) is 6.06. The molecule has 0 atom stereocenters. The van der Waals surface area contributed by atoms with E-state index in [4.69, 9.17) is 0 Å². The fourth-order valence-corrected chi connectivity index (χ4v) is 4.49. The molecule has 0 radical (unpaired) electrons. The molecule has 1 aromatic carbocycles. The normalized spacial score (nSPS) is 18.2. The van der Waals surface area contributed by atoms with Crippen molar-refractivity contribution in [1.29, 1.82) is 5.26 Å². The number of hydrogen-bond donors (Lipinski definition) is 1. The average molecular weight is 403 g/mol. The minimum Gasteiger partial charge on any atom is -0.349 e. The van der Waals surface area contributed by atoms with Gasteiger partial charge >= 0.3 is 0 Å². The first-order valence-electron chi connectivity index (χ1n) is 10.9. The summed E-state index contributed by atoms with van der Waals surface area (Å²) in [6.07, 6.45) is 6.00. The minimum atomic E-state index is -0.254. The van der Waals surface area contributed by atoms with E-state index in [9.17, 15) is 10.1 Å². The zero-order valence-electron chi connectivity index (χ0n) is 17.9. The molecular formula is C25H30N4O. The Labute approximate surface area is 179 Å². The summed E-state index contributed by atoms with van der Waals surface area (Å²) in [5, 5.41) is 12.7. The molecule has 2 aliphatic rings. The van der Waals surface area contributed by atoms with Crippen molar-refractivity contribution in [3.8, 4) is 6.07 Å². The number of nitrogens with zero attached hydrogens (tertiary/aromatic N) is 3. The fourth-order valence-electron chi connectivity index (χ4n) is 4.49. The number of carbonyl (C=O) groups excluding carboxylic acids is 1. The average Bonchev–Trinajstić information content (AvgIpc) is 3.54. The number of carbonyl (C=O) groups is 1. The van der Waals surface area contributed by atoms with Crippen molar-refractivity contribution < 1.29 is 4.79 Å². The summed E-state index contributed by atoms with van der Waals surface area (Å²) in [7, 11) is 0. The third-order valence-electron chi connectivity index (χ3n) is 6.27. The third-order valence-corrected chi connectivity index (χ3v) is 6.27. The molecule has 2 fully saturated rings. The van der Waals surface area contributed by atoms with E-state index in [-0.39, 0.29) is 17.5 Å². The third kappa shape index (κ3) is 4.66. The Bertz CT molecular complexity index is 971. The zero-order chi connectivity index (χ0) is 21.1. The largest absolute Gasteiger partial charge is 0.349 e. The Balaban J connectivity index is 1.35. The smallest absolute Gasteiger partial charge is 0.262 e. The predicted octanol–water partition coefficient (Wildman–Crippen LogP) is 4.13. The maximum Gasteiger partial charge on any atom is 0.262 e. The maximum atomic E-state index is 12.7. The van der Waals surface area contributed by atoms with Crippen LogP contribution in [0.5, 0.6) is 0 Å². The molecule has 156 valence electrons. The molecule has 1 aliphatic carbocycles.